The third kappa shape index (κ3) is 5.15. The van der Waals surface area contributed by atoms with E-state index in [1.165, 1.54) is 4.90 Å². The average Bonchev–Trinajstić information content (AvgIpc) is 2.87. The molecule has 1 heterocycles. The van der Waals surface area contributed by atoms with E-state index >= 15 is 0 Å². The number of methoxy groups -OCH3 is 1. The van der Waals surface area contributed by atoms with Crippen molar-refractivity contribution in [2.24, 2.45) is 0 Å². The number of hydrogen-bond donors (Lipinski definition) is 1. The largest absolute Gasteiger partial charge is 0.497 e. The first-order valence-electron chi connectivity index (χ1n) is 10.7. The number of amides is 2. The molecule has 3 aromatic carbocycles. The molecule has 2 amide bonds. The van der Waals surface area contributed by atoms with Crippen molar-refractivity contribution < 1.29 is 19.1 Å². The number of carbonyl (C=O) groups is 2. The number of benzene rings is 3. The molecular formula is C27H25N3O4. The third-order valence-electron chi connectivity index (χ3n) is 5.32. The number of hydrogen-bond acceptors (Lipinski definition) is 5. The van der Waals surface area contributed by atoms with Crippen molar-refractivity contribution >= 4 is 28.4 Å². The quantitative estimate of drug-likeness (QED) is 0.440. The molecule has 0 atom stereocenters. The first kappa shape index (κ1) is 22.8. The van der Waals surface area contributed by atoms with E-state index in [0.717, 1.165) is 22.2 Å². The molecule has 1 aromatic heterocycles. The summed E-state index contributed by atoms with van der Waals surface area (Å²) in [6, 6.07) is 23.8. The predicted octanol–water partition coefficient (Wildman–Crippen LogP) is 4.63. The SMILES string of the molecule is COc1ccc(-c2cc(C(=O)Nc3ccc(OCC(=O)N(C)C)cc3)c3ccccc3n2)cc1. The standard InChI is InChI=1S/C27H25N3O4/c1-30(2)26(31)17-34-21-14-10-19(11-15-21)28-27(32)23-16-25(18-8-12-20(33-3)13-9-18)29-24-7-5-4-6-22(23)24/h4-16H,17H2,1-3H3,(H,28,32). The highest BCUT2D eigenvalue weighted by Crippen LogP contribution is 2.27. The molecule has 172 valence electrons. The normalized spacial score (nSPS) is 10.6. The van der Waals surface area contributed by atoms with E-state index < -0.39 is 0 Å². The molecule has 7 nitrogen and oxygen atoms in total. The molecule has 7 heteroatoms. The fourth-order valence-electron chi connectivity index (χ4n) is 3.38. The summed E-state index contributed by atoms with van der Waals surface area (Å²) in [5.74, 6) is 0.921. The Hall–Kier alpha value is -4.39. The lowest BCUT2D eigenvalue weighted by Gasteiger charge is -2.13. The average molecular weight is 456 g/mol. The number of nitrogens with zero attached hydrogens (tertiary/aromatic N) is 2. The van der Waals surface area contributed by atoms with Gasteiger partial charge < -0.3 is 19.7 Å². The van der Waals surface area contributed by atoms with Gasteiger partial charge in [0, 0.05) is 30.7 Å². The van der Waals surface area contributed by atoms with Gasteiger partial charge in [0.1, 0.15) is 11.5 Å². The summed E-state index contributed by atoms with van der Waals surface area (Å²) < 4.78 is 10.7. The van der Waals surface area contributed by atoms with Crippen LogP contribution >= 0.6 is 0 Å². The van der Waals surface area contributed by atoms with Crippen molar-refractivity contribution in [1.29, 1.82) is 0 Å². The monoisotopic (exact) mass is 455 g/mol. The maximum atomic E-state index is 13.2. The number of ether oxygens (including phenoxy) is 2. The van der Waals surface area contributed by atoms with Crippen molar-refractivity contribution in [3.8, 4) is 22.8 Å². The molecule has 0 spiro atoms. The predicted molar refractivity (Wildman–Crippen MR) is 132 cm³/mol. The van der Waals surface area contributed by atoms with Gasteiger partial charge in [-0.2, -0.15) is 0 Å². The molecule has 34 heavy (non-hydrogen) atoms. The van der Waals surface area contributed by atoms with Gasteiger partial charge in [0.15, 0.2) is 6.61 Å². The minimum absolute atomic E-state index is 0.0458. The number of anilines is 1. The summed E-state index contributed by atoms with van der Waals surface area (Å²) in [6.45, 7) is -0.0458. The topological polar surface area (TPSA) is 80.8 Å². The minimum atomic E-state index is -0.246. The highest BCUT2D eigenvalue weighted by Gasteiger charge is 2.15. The number of rotatable bonds is 7. The zero-order valence-electron chi connectivity index (χ0n) is 19.2. The molecule has 4 rings (SSSR count). The van der Waals surface area contributed by atoms with Crippen LogP contribution < -0.4 is 14.8 Å². The maximum absolute atomic E-state index is 13.2. The second-order valence-corrected chi connectivity index (χ2v) is 7.86. The van der Waals surface area contributed by atoms with Crippen LogP contribution in [0.5, 0.6) is 11.5 Å². The molecule has 0 radical (unpaired) electrons. The van der Waals surface area contributed by atoms with E-state index in [4.69, 9.17) is 14.5 Å². The molecule has 0 aliphatic carbocycles. The Morgan fingerprint density at radius 1 is 0.912 bits per heavy atom. The Kier molecular flexibility index (Phi) is 6.73. The zero-order chi connectivity index (χ0) is 24.1. The van der Waals surface area contributed by atoms with E-state index in [2.05, 4.69) is 5.32 Å². The van der Waals surface area contributed by atoms with Crippen LogP contribution in [0.1, 0.15) is 10.4 Å². The Morgan fingerprint density at radius 2 is 1.59 bits per heavy atom. The van der Waals surface area contributed by atoms with Crippen molar-refractivity contribution in [3.05, 3.63) is 84.4 Å². The smallest absolute Gasteiger partial charge is 0.259 e. The van der Waals surface area contributed by atoms with Crippen LogP contribution in [0.25, 0.3) is 22.2 Å². The van der Waals surface area contributed by atoms with Crippen LogP contribution in [-0.2, 0) is 4.79 Å². The number of carbonyl (C=O) groups excluding carboxylic acids is 2. The number of fused-ring (bicyclic) bond motifs is 1. The van der Waals surface area contributed by atoms with E-state index in [1.54, 1.807) is 51.5 Å². The van der Waals surface area contributed by atoms with Gasteiger partial charge in [-0.15, -0.1) is 0 Å². The van der Waals surface area contributed by atoms with Gasteiger partial charge in [-0.25, -0.2) is 4.98 Å². The van der Waals surface area contributed by atoms with Crippen LogP contribution in [0, 0.1) is 0 Å². The van der Waals surface area contributed by atoms with Crippen molar-refractivity contribution in [1.82, 2.24) is 9.88 Å². The second-order valence-electron chi connectivity index (χ2n) is 7.86. The van der Waals surface area contributed by atoms with Gasteiger partial charge in [-0.05, 0) is 60.7 Å². The highest BCUT2D eigenvalue weighted by molar-refractivity contribution is 6.13. The van der Waals surface area contributed by atoms with Crippen LogP contribution in [0.15, 0.2) is 78.9 Å². The van der Waals surface area contributed by atoms with Gasteiger partial charge >= 0.3 is 0 Å². The van der Waals surface area contributed by atoms with Crippen LogP contribution in [-0.4, -0.2) is 49.5 Å². The fraction of sp³-hybridized carbons (Fsp3) is 0.148. The van der Waals surface area contributed by atoms with Crippen LogP contribution in [0.2, 0.25) is 0 Å². The van der Waals surface area contributed by atoms with Gasteiger partial charge in [0.25, 0.3) is 11.8 Å². The second kappa shape index (κ2) is 10.0. The molecule has 0 unspecified atom stereocenters. The fourth-order valence-corrected chi connectivity index (χ4v) is 3.38. The Balaban J connectivity index is 1.57. The number of nitrogens with one attached hydrogen (secondary N) is 1. The number of likely N-dealkylation sites (N-methyl/N-ethyl adjacent to an activating group) is 1. The van der Waals surface area contributed by atoms with E-state index in [-0.39, 0.29) is 18.4 Å². The summed E-state index contributed by atoms with van der Waals surface area (Å²) in [5, 5.41) is 3.70. The Morgan fingerprint density at radius 3 is 2.26 bits per heavy atom. The van der Waals surface area contributed by atoms with E-state index in [0.29, 0.717) is 22.7 Å². The van der Waals surface area contributed by atoms with Gasteiger partial charge in [-0.3, -0.25) is 9.59 Å². The highest BCUT2D eigenvalue weighted by atomic mass is 16.5. The molecule has 0 fully saturated rings. The lowest BCUT2D eigenvalue weighted by molar-refractivity contribution is -0.130. The van der Waals surface area contributed by atoms with Gasteiger partial charge in [-0.1, -0.05) is 18.2 Å². The van der Waals surface area contributed by atoms with Crippen LogP contribution in [0.3, 0.4) is 0 Å². The minimum Gasteiger partial charge on any atom is -0.497 e. The summed E-state index contributed by atoms with van der Waals surface area (Å²) in [6.07, 6.45) is 0. The van der Waals surface area contributed by atoms with Gasteiger partial charge in [0.2, 0.25) is 0 Å². The van der Waals surface area contributed by atoms with Crippen molar-refractivity contribution in [2.45, 2.75) is 0 Å². The molecule has 4 aromatic rings. The lowest BCUT2D eigenvalue weighted by atomic mass is 10.0. The summed E-state index contributed by atoms with van der Waals surface area (Å²) in [4.78, 5) is 31.1. The van der Waals surface area contributed by atoms with Gasteiger partial charge in [0.05, 0.1) is 23.9 Å². The maximum Gasteiger partial charge on any atom is 0.259 e. The first-order valence-corrected chi connectivity index (χ1v) is 10.7. The molecule has 0 saturated carbocycles. The number of aromatic nitrogens is 1. The molecular weight excluding hydrogens is 430 g/mol. The first-order chi connectivity index (χ1) is 16.4. The number of pyridine rings is 1. The molecule has 0 aliphatic heterocycles. The molecule has 0 bridgehead atoms. The lowest BCUT2D eigenvalue weighted by Crippen LogP contribution is -2.27. The van der Waals surface area contributed by atoms with Crippen LogP contribution in [0.4, 0.5) is 5.69 Å². The van der Waals surface area contributed by atoms with Crippen molar-refractivity contribution in [3.63, 3.8) is 0 Å². The molecule has 1 N–H and O–H groups in total. The molecule has 0 aliphatic rings. The Labute approximate surface area is 197 Å². The summed E-state index contributed by atoms with van der Waals surface area (Å²) in [7, 11) is 4.97. The molecule has 0 saturated heterocycles. The summed E-state index contributed by atoms with van der Waals surface area (Å²) in [5.41, 5.74) is 3.45. The zero-order valence-corrected chi connectivity index (χ0v) is 19.2. The van der Waals surface area contributed by atoms with E-state index in [1.807, 2.05) is 48.5 Å². The summed E-state index contributed by atoms with van der Waals surface area (Å²) >= 11 is 0. The number of para-hydroxylation sites is 1. The van der Waals surface area contributed by atoms with Crippen molar-refractivity contribution in [2.75, 3.05) is 33.1 Å². The Bertz CT molecular complexity index is 1320. The van der Waals surface area contributed by atoms with E-state index in [9.17, 15) is 9.59 Å². The third-order valence-corrected chi connectivity index (χ3v) is 5.32.